The molecule has 126 valence electrons. The largest absolute Gasteiger partial charge is 0.378 e. The zero-order chi connectivity index (χ0) is 17.1. The van der Waals surface area contributed by atoms with Gasteiger partial charge in [-0.1, -0.05) is 18.2 Å². The lowest BCUT2D eigenvalue weighted by molar-refractivity contribution is 0.102. The van der Waals surface area contributed by atoms with Gasteiger partial charge in [0.25, 0.3) is 5.91 Å². The van der Waals surface area contributed by atoms with Gasteiger partial charge < -0.3 is 15.0 Å². The van der Waals surface area contributed by atoms with Crippen LogP contribution in [-0.4, -0.2) is 47.2 Å². The van der Waals surface area contributed by atoms with Crippen LogP contribution in [0.2, 0.25) is 0 Å². The van der Waals surface area contributed by atoms with Crippen LogP contribution in [0.25, 0.3) is 10.9 Å². The summed E-state index contributed by atoms with van der Waals surface area (Å²) in [7, 11) is 0. The van der Waals surface area contributed by atoms with Gasteiger partial charge in [0.05, 0.1) is 36.8 Å². The van der Waals surface area contributed by atoms with Gasteiger partial charge in [0.15, 0.2) is 0 Å². The van der Waals surface area contributed by atoms with E-state index in [1.165, 1.54) is 6.20 Å². The maximum atomic E-state index is 12.5. The molecule has 0 radical (unpaired) electrons. The maximum absolute atomic E-state index is 12.5. The molecular weight excluding hydrogens is 318 g/mol. The molecule has 1 N–H and O–H groups in total. The predicted molar refractivity (Wildman–Crippen MR) is 94.8 cm³/mol. The highest BCUT2D eigenvalue weighted by atomic mass is 16.5. The van der Waals surface area contributed by atoms with Gasteiger partial charge >= 0.3 is 0 Å². The van der Waals surface area contributed by atoms with E-state index in [0.29, 0.717) is 18.9 Å². The Morgan fingerprint density at radius 2 is 1.88 bits per heavy atom. The fourth-order valence-corrected chi connectivity index (χ4v) is 2.79. The molecule has 1 aliphatic rings. The van der Waals surface area contributed by atoms with E-state index < -0.39 is 0 Å². The summed E-state index contributed by atoms with van der Waals surface area (Å²) >= 11 is 0. The molecule has 0 aliphatic carbocycles. The molecular formula is C18H17N5O2. The third-order valence-electron chi connectivity index (χ3n) is 4.09. The van der Waals surface area contributed by atoms with E-state index >= 15 is 0 Å². The lowest BCUT2D eigenvalue weighted by atomic mass is 10.2. The minimum atomic E-state index is -0.306. The van der Waals surface area contributed by atoms with Crippen LogP contribution >= 0.6 is 0 Å². The van der Waals surface area contributed by atoms with Crippen LogP contribution < -0.4 is 10.2 Å². The molecule has 0 unspecified atom stereocenters. The van der Waals surface area contributed by atoms with Gasteiger partial charge in [-0.25, -0.2) is 9.97 Å². The Kier molecular flexibility index (Phi) is 4.22. The second-order valence-corrected chi connectivity index (χ2v) is 5.69. The van der Waals surface area contributed by atoms with E-state index in [0.717, 1.165) is 29.8 Å². The number of benzene rings is 1. The number of carbonyl (C=O) groups is 1. The first-order valence-corrected chi connectivity index (χ1v) is 8.11. The summed E-state index contributed by atoms with van der Waals surface area (Å²) in [5, 5.41) is 3.83. The number of anilines is 2. The Bertz CT molecular complexity index is 886. The molecule has 2 aromatic heterocycles. The molecule has 25 heavy (non-hydrogen) atoms. The van der Waals surface area contributed by atoms with Gasteiger partial charge in [0.2, 0.25) is 0 Å². The normalized spacial score (nSPS) is 14.5. The quantitative estimate of drug-likeness (QED) is 0.790. The van der Waals surface area contributed by atoms with E-state index in [9.17, 15) is 4.79 Å². The lowest BCUT2D eigenvalue weighted by Crippen LogP contribution is -2.36. The Morgan fingerprint density at radius 3 is 2.68 bits per heavy atom. The van der Waals surface area contributed by atoms with Crippen LogP contribution in [0.3, 0.4) is 0 Å². The van der Waals surface area contributed by atoms with Crippen LogP contribution in [0.4, 0.5) is 11.5 Å². The monoisotopic (exact) mass is 335 g/mol. The first-order chi connectivity index (χ1) is 12.3. The highest BCUT2D eigenvalue weighted by Crippen LogP contribution is 2.21. The van der Waals surface area contributed by atoms with Crippen molar-refractivity contribution in [2.75, 3.05) is 36.5 Å². The summed E-state index contributed by atoms with van der Waals surface area (Å²) in [4.78, 5) is 27.5. The van der Waals surface area contributed by atoms with Crippen molar-refractivity contribution in [1.82, 2.24) is 15.0 Å². The molecule has 0 bridgehead atoms. The minimum Gasteiger partial charge on any atom is -0.378 e. The van der Waals surface area contributed by atoms with Gasteiger partial charge in [0.1, 0.15) is 11.5 Å². The fraction of sp³-hybridized carbons (Fsp3) is 0.222. The summed E-state index contributed by atoms with van der Waals surface area (Å²) in [5.41, 5.74) is 1.67. The lowest BCUT2D eigenvalue weighted by Gasteiger charge is -2.27. The number of pyridine rings is 1. The number of hydrogen-bond acceptors (Lipinski definition) is 6. The third-order valence-corrected chi connectivity index (χ3v) is 4.09. The first-order valence-electron chi connectivity index (χ1n) is 8.11. The van der Waals surface area contributed by atoms with Gasteiger partial charge in [-0.2, -0.15) is 0 Å². The van der Waals surface area contributed by atoms with E-state index in [-0.39, 0.29) is 11.6 Å². The second-order valence-electron chi connectivity index (χ2n) is 5.69. The summed E-state index contributed by atoms with van der Waals surface area (Å²) in [6, 6.07) is 9.48. The standard InChI is InChI=1S/C18H17N5O2/c24-18(22-14-5-1-3-13-4-2-6-19-17(13)14)15-11-21-16(12-20-15)23-7-9-25-10-8-23/h1-6,11-12H,7-10H2,(H,22,24). The molecule has 3 heterocycles. The number of ether oxygens (including phenoxy) is 1. The Morgan fingerprint density at radius 1 is 1.04 bits per heavy atom. The van der Waals surface area contributed by atoms with E-state index in [4.69, 9.17) is 4.74 Å². The molecule has 7 heteroatoms. The van der Waals surface area contributed by atoms with Crippen molar-refractivity contribution in [2.24, 2.45) is 0 Å². The van der Waals surface area contributed by atoms with Crippen LogP contribution in [0, 0.1) is 0 Å². The number of hydrogen-bond donors (Lipinski definition) is 1. The number of nitrogens with one attached hydrogen (secondary N) is 1. The molecule has 1 fully saturated rings. The van der Waals surface area contributed by atoms with Crippen LogP contribution in [0.5, 0.6) is 0 Å². The van der Waals surface area contributed by atoms with Crippen LogP contribution in [0.15, 0.2) is 48.9 Å². The first kappa shape index (κ1) is 15.5. The number of morpholine rings is 1. The van der Waals surface area contributed by atoms with Crippen molar-refractivity contribution in [3.63, 3.8) is 0 Å². The van der Waals surface area contributed by atoms with Gasteiger partial charge in [-0.3, -0.25) is 9.78 Å². The number of nitrogens with zero attached hydrogens (tertiary/aromatic N) is 4. The predicted octanol–water partition coefficient (Wildman–Crippen LogP) is 2.11. The van der Waals surface area contributed by atoms with Gasteiger partial charge in [-0.15, -0.1) is 0 Å². The van der Waals surface area contributed by atoms with Gasteiger partial charge in [-0.05, 0) is 12.1 Å². The van der Waals surface area contributed by atoms with Crippen molar-refractivity contribution in [3.05, 3.63) is 54.6 Å². The molecule has 0 saturated carbocycles. The van der Waals surface area contributed by atoms with Crippen LogP contribution in [-0.2, 0) is 4.74 Å². The number of rotatable bonds is 3. The summed E-state index contributed by atoms with van der Waals surface area (Å²) in [6.45, 7) is 2.92. The Hall–Kier alpha value is -3.06. The molecule has 0 atom stereocenters. The average molecular weight is 335 g/mol. The van der Waals surface area contributed by atoms with E-state index in [1.54, 1.807) is 12.4 Å². The minimum absolute atomic E-state index is 0.268. The summed E-state index contributed by atoms with van der Waals surface area (Å²) < 4.78 is 5.32. The van der Waals surface area contributed by atoms with Crippen molar-refractivity contribution in [1.29, 1.82) is 0 Å². The number of fused-ring (bicyclic) bond motifs is 1. The number of aromatic nitrogens is 3. The zero-order valence-corrected chi connectivity index (χ0v) is 13.6. The van der Waals surface area contributed by atoms with Crippen molar-refractivity contribution < 1.29 is 9.53 Å². The summed E-state index contributed by atoms with van der Waals surface area (Å²) in [6.07, 6.45) is 4.83. The molecule has 4 rings (SSSR count). The second kappa shape index (κ2) is 6.82. The maximum Gasteiger partial charge on any atom is 0.275 e. The molecule has 7 nitrogen and oxygen atoms in total. The Labute approximate surface area is 144 Å². The number of carbonyl (C=O) groups excluding carboxylic acids is 1. The molecule has 1 aliphatic heterocycles. The highest BCUT2D eigenvalue weighted by molar-refractivity contribution is 6.07. The number of para-hydroxylation sites is 1. The fourth-order valence-electron chi connectivity index (χ4n) is 2.79. The molecule has 1 saturated heterocycles. The summed E-state index contributed by atoms with van der Waals surface area (Å²) in [5.74, 6) is 0.450. The third kappa shape index (κ3) is 3.27. The molecule has 3 aromatic rings. The van der Waals surface area contributed by atoms with Crippen molar-refractivity contribution in [2.45, 2.75) is 0 Å². The van der Waals surface area contributed by atoms with E-state index in [2.05, 4.69) is 25.2 Å². The molecule has 1 amide bonds. The number of amides is 1. The van der Waals surface area contributed by atoms with Crippen LogP contribution in [0.1, 0.15) is 10.5 Å². The average Bonchev–Trinajstić information content (AvgIpc) is 2.69. The Balaban J connectivity index is 1.52. The molecule has 1 aromatic carbocycles. The van der Waals surface area contributed by atoms with Crippen molar-refractivity contribution in [3.8, 4) is 0 Å². The van der Waals surface area contributed by atoms with Crippen molar-refractivity contribution >= 4 is 28.3 Å². The zero-order valence-electron chi connectivity index (χ0n) is 13.6. The van der Waals surface area contributed by atoms with Gasteiger partial charge in [0, 0.05) is 24.7 Å². The topological polar surface area (TPSA) is 80.2 Å². The SMILES string of the molecule is O=C(Nc1cccc2cccnc12)c1cnc(N2CCOCC2)cn1. The smallest absolute Gasteiger partial charge is 0.275 e. The molecule has 0 spiro atoms. The highest BCUT2D eigenvalue weighted by Gasteiger charge is 2.15. The van der Waals surface area contributed by atoms with E-state index in [1.807, 2.05) is 30.3 Å².